The van der Waals surface area contributed by atoms with Gasteiger partial charge in [-0.15, -0.1) is 6.58 Å². The van der Waals surface area contributed by atoms with E-state index in [1.807, 2.05) is 31.2 Å². The number of benzene rings is 1. The lowest BCUT2D eigenvalue weighted by atomic mass is 9.74. The number of carbonyl (C=O) groups excluding carboxylic acids is 1. The minimum absolute atomic E-state index is 0.00196. The largest absolute Gasteiger partial charge is 0.277 e. The van der Waals surface area contributed by atoms with Gasteiger partial charge in [0.15, 0.2) is 5.82 Å². The summed E-state index contributed by atoms with van der Waals surface area (Å²) >= 11 is 0. The Hall–Kier alpha value is -3.33. The topological polar surface area (TPSA) is 69.3 Å². The molecule has 0 N–H and O–H groups in total. The third-order valence-corrected chi connectivity index (χ3v) is 6.37. The lowest BCUT2D eigenvalue weighted by molar-refractivity contribution is 0.0720. The molecule has 0 spiro atoms. The Morgan fingerprint density at radius 3 is 2.73 bits per heavy atom. The third-order valence-electron chi connectivity index (χ3n) is 6.37. The number of hydrazone groups is 1. The number of rotatable bonds is 10. The summed E-state index contributed by atoms with van der Waals surface area (Å²) in [5.41, 5.74) is 2.81. The minimum atomic E-state index is -0.628. The predicted molar refractivity (Wildman–Crippen MR) is 128 cm³/mol. The van der Waals surface area contributed by atoms with Crippen molar-refractivity contribution in [3.8, 4) is 6.07 Å². The zero-order valence-electron chi connectivity index (χ0n) is 19.4. The predicted octanol–water partition coefficient (Wildman–Crippen LogP) is 6.07. The molecule has 0 saturated heterocycles. The van der Waals surface area contributed by atoms with E-state index in [0.717, 1.165) is 50.4 Å². The summed E-state index contributed by atoms with van der Waals surface area (Å²) in [6.45, 7) is 8.26. The normalized spacial score (nSPS) is 17.2. The van der Waals surface area contributed by atoms with Crippen LogP contribution in [0.1, 0.15) is 73.9 Å². The van der Waals surface area contributed by atoms with E-state index in [9.17, 15) is 9.18 Å². The molecule has 1 aliphatic rings. The molecule has 172 valence electrons. The second-order valence-electron chi connectivity index (χ2n) is 8.88. The Bertz CT molecular complexity index is 1060. The number of nitrogens with zero attached hydrogens (tertiary/aromatic N) is 4. The number of amides is 1. The van der Waals surface area contributed by atoms with Gasteiger partial charge in [0.1, 0.15) is 0 Å². The monoisotopic (exact) mass is 446 g/mol. The quantitative estimate of drug-likeness (QED) is 0.416. The number of hydrogen-bond acceptors (Lipinski definition) is 4. The van der Waals surface area contributed by atoms with Crippen molar-refractivity contribution < 1.29 is 9.18 Å². The zero-order valence-corrected chi connectivity index (χ0v) is 19.4. The van der Waals surface area contributed by atoms with Crippen LogP contribution in [0, 0.1) is 22.6 Å². The Labute approximate surface area is 195 Å². The van der Waals surface area contributed by atoms with Crippen LogP contribution in [0.5, 0.6) is 0 Å². The average Bonchev–Trinajstić information content (AvgIpc) is 3.19. The molecular formula is C27H31FN4O. The van der Waals surface area contributed by atoms with Crippen LogP contribution in [0.4, 0.5) is 4.39 Å². The molecular weight excluding hydrogens is 415 g/mol. The molecule has 3 rings (SSSR count). The van der Waals surface area contributed by atoms with Gasteiger partial charge in [-0.05, 0) is 68.2 Å². The third kappa shape index (κ3) is 5.92. The highest BCUT2D eigenvalue weighted by Crippen LogP contribution is 2.36. The van der Waals surface area contributed by atoms with E-state index < -0.39 is 11.7 Å². The van der Waals surface area contributed by atoms with Gasteiger partial charge in [-0.25, -0.2) is 9.40 Å². The van der Waals surface area contributed by atoms with Crippen molar-refractivity contribution in [3.05, 3.63) is 77.9 Å². The van der Waals surface area contributed by atoms with Gasteiger partial charge in [-0.2, -0.15) is 10.4 Å². The van der Waals surface area contributed by atoms with Crippen LogP contribution in [-0.4, -0.2) is 27.7 Å². The van der Waals surface area contributed by atoms with Gasteiger partial charge < -0.3 is 0 Å². The fraction of sp³-hybridized carbons (Fsp3) is 0.407. The molecule has 33 heavy (non-hydrogen) atoms. The van der Waals surface area contributed by atoms with E-state index in [1.165, 1.54) is 22.8 Å². The standard InChI is InChI=1S/C27H31FN4O/c1-4-13-27(5-2,17-21-8-10-22(18-29)11-9-21)14-6-7-23-16-20(3)32(31-23)26(33)24-12-15-30-19-25(24)28/h5,8-12,15,19-20H,2,4,6-7,13-14,16-17H2,1,3H3. The molecule has 1 aliphatic heterocycles. The van der Waals surface area contributed by atoms with Gasteiger partial charge in [-0.3, -0.25) is 9.78 Å². The lowest BCUT2D eigenvalue weighted by Crippen LogP contribution is -2.31. The smallest absolute Gasteiger partial charge is 0.267 e. The fourth-order valence-corrected chi connectivity index (χ4v) is 4.61. The molecule has 6 heteroatoms. The Kier molecular flexibility index (Phi) is 8.11. The van der Waals surface area contributed by atoms with Crippen LogP contribution in [0.25, 0.3) is 0 Å². The molecule has 1 amide bonds. The molecule has 2 heterocycles. The summed E-state index contributed by atoms with van der Waals surface area (Å²) in [5.74, 6) is -1.05. The molecule has 0 bridgehead atoms. The SMILES string of the molecule is C=CC(CCC)(CCCC1=NN(C(=O)c2ccncc2F)C(C)C1)Cc1ccc(C#N)cc1. The minimum Gasteiger partial charge on any atom is -0.267 e. The Morgan fingerprint density at radius 1 is 1.33 bits per heavy atom. The van der Waals surface area contributed by atoms with Crippen molar-refractivity contribution in [2.75, 3.05) is 0 Å². The maximum atomic E-state index is 14.0. The number of aromatic nitrogens is 1. The van der Waals surface area contributed by atoms with Gasteiger partial charge in [-0.1, -0.05) is 31.6 Å². The average molecular weight is 447 g/mol. The second-order valence-corrected chi connectivity index (χ2v) is 8.88. The van der Waals surface area contributed by atoms with Gasteiger partial charge >= 0.3 is 0 Å². The van der Waals surface area contributed by atoms with E-state index in [2.05, 4.69) is 35.7 Å². The van der Waals surface area contributed by atoms with Crippen molar-refractivity contribution in [1.29, 1.82) is 5.26 Å². The van der Waals surface area contributed by atoms with Crippen molar-refractivity contribution in [3.63, 3.8) is 0 Å². The number of allylic oxidation sites excluding steroid dienone is 1. The summed E-state index contributed by atoms with van der Waals surface area (Å²) in [6, 6.07) is 11.2. The summed E-state index contributed by atoms with van der Waals surface area (Å²) in [5, 5.41) is 15.0. The number of halogens is 1. The van der Waals surface area contributed by atoms with Crippen LogP contribution in [0.3, 0.4) is 0 Å². The van der Waals surface area contributed by atoms with Crippen LogP contribution in [0.15, 0.2) is 60.5 Å². The number of pyridine rings is 1. The number of hydrogen-bond donors (Lipinski definition) is 0. The summed E-state index contributed by atoms with van der Waals surface area (Å²) < 4.78 is 14.0. The molecule has 5 nitrogen and oxygen atoms in total. The molecule has 0 radical (unpaired) electrons. The fourth-order valence-electron chi connectivity index (χ4n) is 4.61. The molecule has 0 saturated carbocycles. The lowest BCUT2D eigenvalue weighted by Gasteiger charge is -2.31. The van der Waals surface area contributed by atoms with E-state index in [1.54, 1.807) is 0 Å². The van der Waals surface area contributed by atoms with Crippen LogP contribution < -0.4 is 0 Å². The maximum absolute atomic E-state index is 14.0. The molecule has 2 atom stereocenters. The highest BCUT2D eigenvalue weighted by Gasteiger charge is 2.31. The summed E-state index contributed by atoms with van der Waals surface area (Å²) in [7, 11) is 0. The Balaban J connectivity index is 1.65. The van der Waals surface area contributed by atoms with Crippen molar-refractivity contribution in [1.82, 2.24) is 9.99 Å². The van der Waals surface area contributed by atoms with Gasteiger partial charge in [0.05, 0.1) is 29.4 Å². The van der Waals surface area contributed by atoms with E-state index in [-0.39, 0.29) is 17.0 Å². The van der Waals surface area contributed by atoms with Crippen LogP contribution >= 0.6 is 0 Å². The Morgan fingerprint density at radius 2 is 2.09 bits per heavy atom. The highest BCUT2D eigenvalue weighted by molar-refractivity contribution is 5.97. The maximum Gasteiger partial charge on any atom is 0.277 e. The van der Waals surface area contributed by atoms with Crippen molar-refractivity contribution in [2.24, 2.45) is 10.5 Å². The van der Waals surface area contributed by atoms with Crippen LogP contribution in [0.2, 0.25) is 0 Å². The van der Waals surface area contributed by atoms with Gasteiger partial charge in [0.25, 0.3) is 5.91 Å². The summed E-state index contributed by atoms with van der Waals surface area (Å²) in [4.78, 5) is 16.5. The van der Waals surface area contributed by atoms with Gasteiger partial charge in [0.2, 0.25) is 0 Å². The molecule has 2 unspecified atom stereocenters. The molecule has 2 aromatic rings. The first-order valence-electron chi connectivity index (χ1n) is 11.5. The van der Waals surface area contributed by atoms with E-state index in [0.29, 0.717) is 12.0 Å². The van der Waals surface area contributed by atoms with E-state index in [4.69, 9.17) is 5.26 Å². The van der Waals surface area contributed by atoms with Crippen molar-refractivity contribution in [2.45, 2.75) is 64.8 Å². The molecule has 1 aromatic heterocycles. The van der Waals surface area contributed by atoms with Crippen molar-refractivity contribution >= 4 is 11.6 Å². The molecule has 0 fully saturated rings. The first-order chi connectivity index (χ1) is 15.9. The van der Waals surface area contributed by atoms with Gasteiger partial charge in [0, 0.05) is 18.3 Å². The zero-order chi connectivity index (χ0) is 23.8. The van der Waals surface area contributed by atoms with Crippen LogP contribution in [-0.2, 0) is 6.42 Å². The van der Waals surface area contributed by atoms with E-state index >= 15 is 0 Å². The second kappa shape index (κ2) is 11.0. The first-order valence-corrected chi connectivity index (χ1v) is 11.5. The highest BCUT2D eigenvalue weighted by atomic mass is 19.1. The number of carbonyl (C=O) groups is 1. The molecule has 1 aromatic carbocycles. The summed E-state index contributed by atoms with van der Waals surface area (Å²) in [6.07, 6.45) is 10.9. The molecule has 0 aliphatic carbocycles. The first kappa shape index (κ1) is 24.3. The number of nitriles is 1.